The quantitative estimate of drug-likeness (QED) is 0.908. The molecule has 1 saturated heterocycles. The van der Waals surface area contributed by atoms with Gasteiger partial charge >= 0.3 is 0 Å². The predicted octanol–water partition coefficient (Wildman–Crippen LogP) is 2.98. The number of likely N-dealkylation sites (tertiary alicyclic amines) is 1. The first-order chi connectivity index (χ1) is 10.0. The van der Waals surface area contributed by atoms with Gasteiger partial charge in [-0.25, -0.2) is 0 Å². The van der Waals surface area contributed by atoms with E-state index in [1.165, 1.54) is 5.56 Å². The molecule has 1 aliphatic heterocycles. The zero-order valence-corrected chi connectivity index (χ0v) is 13.6. The Balaban J connectivity index is 2.20. The van der Waals surface area contributed by atoms with E-state index in [0.717, 1.165) is 37.2 Å². The number of hydrogen-bond acceptors (Lipinski definition) is 3. The number of hydrogen-bond donors (Lipinski definition) is 1. The van der Waals surface area contributed by atoms with Crippen molar-refractivity contribution in [3.05, 3.63) is 29.3 Å². The van der Waals surface area contributed by atoms with Gasteiger partial charge in [0.2, 0.25) is 0 Å². The summed E-state index contributed by atoms with van der Waals surface area (Å²) in [5.74, 6) is 1.71. The Labute approximate surface area is 127 Å². The molecule has 0 saturated carbocycles. The minimum Gasteiger partial charge on any atom is -0.497 e. The van der Waals surface area contributed by atoms with Crippen LogP contribution in [0.4, 0.5) is 0 Å². The Morgan fingerprint density at radius 3 is 2.86 bits per heavy atom. The average Bonchev–Trinajstić information content (AvgIpc) is 2.60. The molecule has 0 spiro atoms. The lowest BCUT2D eigenvalue weighted by molar-refractivity contribution is 0.0238. The predicted molar refractivity (Wildman–Crippen MR) is 84.7 cm³/mol. The summed E-state index contributed by atoms with van der Waals surface area (Å²) in [6.07, 6.45) is 1.91. The smallest absolute Gasteiger partial charge is 0.119 e. The van der Waals surface area contributed by atoms with Crippen molar-refractivity contribution in [2.24, 2.45) is 11.8 Å². The monoisotopic (exact) mass is 289 g/mol. The summed E-state index contributed by atoms with van der Waals surface area (Å²) in [4.78, 5) is 2.38. The molecule has 1 fully saturated rings. The molecule has 3 rings (SSSR count). The highest BCUT2D eigenvalue weighted by Gasteiger charge is 2.50. The van der Waals surface area contributed by atoms with E-state index in [1.54, 1.807) is 7.11 Å². The fourth-order valence-corrected chi connectivity index (χ4v) is 4.66. The number of fused-ring (bicyclic) bond motifs is 4. The zero-order chi connectivity index (χ0) is 15.2. The molecule has 3 nitrogen and oxygen atoms in total. The fourth-order valence-electron chi connectivity index (χ4n) is 4.66. The second-order valence-corrected chi connectivity index (χ2v) is 6.87. The molecule has 21 heavy (non-hydrogen) atoms. The highest BCUT2D eigenvalue weighted by Crippen LogP contribution is 2.54. The first-order valence-electron chi connectivity index (χ1n) is 8.08. The Kier molecular flexibility index (Phi) is 3.74. The Bertz CT molecular complexity index is 530. The first-order valence-corrected chi connectivity index (χ1v) is 8.08. The average molecular weight is 289 g/mol. The molecule has 1 aromatic carbocycles. The van der Waals surface area contributed by atoms with Crippen LogP contribution >= 0.6 is 0 Å². The van der Waals surface area contributed by atoms with Crippen LogP contribution < -0.4 is 4.74 Å². The minimum atomic E-state index is -0.360. The lowest BCUT2D eigenvalue weighted by Crippen LogP contribution is -2.44. The number of nitrogens with zero attached hydrogens (tertiary/aromatic N) is 1. The van der Waals surface area contributed by atoms with Gasteiger partial charge in [0.15, 0.2) is 0 Å². The van der Waals surface area contributed by atoms with E-state index in [4.69, 9.17) is 4.74 Å². The van der Waals surface area contributed by atoms with Crippen LogP contribution in [0.5, 0.6) is 5.75 Å². The molecule has 0 radical (unpaired) electrons. The Morgan fingerprint density at radius 2 is 2.19 bits per heavy atom. The third kappa shape index (κ3) is 2.09. The summed E-state index contributed by atoms with van der Waals surface area (Å²) < 4.78 is 5.44. The van der Waals surface area contributed by atoms with Crippen molar-refractivity contribution in [3.63, 3.8) is 0 Å². The summed E-state index contributed by atoms with van der Waals surface area (Å²) in [7, 11) is 3.89. The second-order valence-electron chi connectivity index (χ2n) is 6.87. The molecule has 1 aromatic rings. The van der Waals surface area contributed by atoms with Gasteiger partial charge in [-0.3, -0.25) is 0 Å². The van der Waals surface area contributed by atoms with E-state index in [1.807, 2.05) is 6.07 Å². The Morgan fingerprint density at radius 1 is 1.43 bits per heavy atom. The van der Waals surface area contributed by atoms with Gasteiger partial charge in [0.1, 0.15) is 5.75 Å². The first kappa shape index (κ1) is 14.9. The number of ether oxygens (including phenoxy) is 1. The molecular weight excluding hydrogens is 262 g/mol. The molecule has 0 amide bonds. The van der Waals surface area contributed by atoms with Gasteiger partial charge in [0.05, 0.1) is 13.2 Å². The second kappa shape index (κ2) is 5.29. The van der Waals surface area contributed by atoms with Crippen molar-refractivity contribution in [1.29, 1.82) is 0 Å². The maximum atomic E-state index is 10.9. The van der Waals surface area contributed by atoms with Crippen LogP contribution in [-0.2, 0) is 5.41 Å². The molecule has 2 bridgehead atoms. The van der Waals surface area contributed by atoms with E-state index in [9.17, 15) is 5.11 Å². The molecular formula is C18H27NO2. The molecule has 1 N–H and O–H groups in total. The van der Waals surface area contributed by atoms with Gasteiger partial charge in [-0.05, 0) is 61.0 Å². The van der Waals surface area contributed by atoms with Crippen LogP contribution in [0.1, 0.15) is 43.9 Å². The topological polar surface area (TPSA) is 32.7 Å². The van der Waals surface area contributed by atoms with E-state index in [0.29, 0.717) is 11.8 Å². The zero-order valence-electron chi connectivity index (χ0n) is 13.6. The molecule has 0 aromatic heterocycles. The number of benzene rings is 1. The van der Waals surface area contributed by atoms with Crippen LogP contribution in [0.15, 0.2) is 18.2 Å². The van der Waals surface area contributed by atoms with Crippen LogP contribution in [0.3, 0.4) is 0 Å². The maximum Gasteiger partial charge on any atom is 0.119 e. The molecule has 4 atom stereocenters. The number of aliphatic hydroxyl groups excluding tert-OH is 1. The van der Waals surface area contributed by atoms with Crippen LogP contribution in [-0.4, -0.2) is 37.3 Å². The third-order valence-corrected chi connectivity index (χ3v) is 6.13. The van der Waals surface area contributed by atoms with Crippen LogP contribution in [0.25, 0.3) is 0 Å². The molecule has 1 heterocycles. The molecule has 1 aliphatic carbocycles. The molecule has 3 heteroatoms. The van der Waals surface area contributed by atoms with E-state index < -0.39 is 0 Å². The third-order valence-electron chi connectivity index (χ3n) is 6.13. The molecule has 116 valence electrons. The SMILES string of the molecule is CCC12CCN(C)CC(C(O)c3ccc(OC)cc31)C2C. The van der Waals surface area contributed by atoms with Gasteiger partial charge in [0.25, 0.3) is 0 Å². The largest absolute Gasteiger partial charge is 0.497 e. The summed E-state index contributed by atoms with van der Waals surface area (Å²) in [6, 6.07) is 6.23. The van der Waals surface area contributed by atoms with Gasteiger partial charge in [-0.1, -0.05) is 19.9 Å². The Hall–Kier alpha value is -1.06. The standard InChI is InChI=1S/C18H27NO2/c1-5-18-8-9-19(3)11-15(12(18)2)17(20)14-7-6-13(21-4)10-16(14)18/h6-7,10,12,15,17,20H,5,8-9,11H2,1-4H3. The number of methoxy groups -OCH3 is 1. The van der Waals surface area contributed by atoms with Crippen molar-refractivity contribution in [2.45, 2.75) is 38.2 Å². The van der Waals surface area contributed by atoms with Crippen LogP contribution in [0, 0.1) is 11.8 Å². The summed E-state index contributed by atoms with van der Waals surface area (Å²) in [6.45, 7) is 6.70. The van der Waals surface area contributed by atoms with Crippen molar-refractivity contribution in [3.8, 4) is 5.75 Å². The minimum absolute atomic E-state index is 0.165. The van der Waals surface area contributed by atoms with Crippen molar-refractivity contribution < 1.29 is 9.84 Å². The lowest BCUT2D eigenvalue weighted by Gasteiger charge is -2.48. The summed E-state index contributed by atoms with van der Waals surface area (Å²) >= 11 is 0. The summed E-state index contributed by atoms with van der Waals surface area (Å²) in [5, 5.41) is 10.9. The highest BCUT2D eigenvalue weighted by atomic mass is 16.5. The number of rotatable bonds is 2. The summed E-state index contributed by atoms with van der Waals surface area (Å²) in [5.41, 5.74) is 2.60. The van der Waals surface area contributed by atoms with Gasteiger partial charge < -0.3 is 14.7 Å². The molecule has 4 unspecified atom stereocenters. The van der Waals surface area contributed by atoms with Crippen molar-refractivity contribution >= 4 is 0 Å². The number of aliphatic hydroxyl groups is 1. The van der Waals surface area contributed by atoms with Crippen molar-refractivity contribution in [1.82, 2.24) is 4.90 Å². The normalized spacial score (nSPS) is 36.0. The molecule has 2 aliphatic rings. The van der Waals surface area contributed by atoms with E-state index in [2.05, 4.69) is 37.9 Å². The van der Waals surface area contributed by atoms with E-state index >= 15 is 0 Å². The van der Waals surface area contributed by atoms with Crippen molar-refractivity contribution in [2.75, 3.05) is 27.2 Å². The van der Waals surface area contributed by atoms with Gasteiger partial charge in [0, 0.05) is 12.5 Å². The van der Waals surface area contributed by atoms with Gasteiger partial charge in [-0.15, -0.1) is 0 Å². The van der Waals surface area contributed by atoms with E-state index in [-0.39, 0.29) is 11.5 Å². The maximum absolute atomic E-state index is 10.9. The fraction of sp³-hybridized carbons (Fsp3) is 0.667. The highest BCUT2D eigenvalue weighted by molar-refractivity contribution is 5.45. The van der Waals surface area contributed by atoms with Crippen LogP contribution in [0.2, 0.25) is 0 Å². The van der Waals surface area contributed by atoms with Gasteiger partial charge in [-0.2, -0.15) is 0 Å². The lowest BCUT2D eigenvalue weighted by atomic mass is 9.57.